The van der Waals surface area contributed by atoms with Crippen molar-refractivity contribution in [1.29, 1.82) is 0 Å². The van der Waals surface area contributed by atoms with Crippen molar-refractivity contribution in [3.63, 3.8) is 0 Å². The third kappa shape index (κ3) is 2.62. The molecule has 7 nitrogen and oxygen atoms in total. The van der Waals surface area contributed by atoms with Gasteiger partial charge in [0.2, 0.25) is 0 Å². The first-order valence-corrected chi connectivity index (χ1v) is 7.50. The van der Waals surface area contributed by atoms with E-state index in [0.717, 1.165) is 10.9 Å². The second-order valence-corrected chi connectivity index (χ2v) is 6.53. The molecule has 1 aliphatic rings. The number of halogens is 1. The molecule has 1 aromatic carbocycles. The average Bonchev–Trinajstić information content (AvgIpc) is 2.92. The molecule has 0 radical (unpaired) electrons. The highest BCUT2D eigenvalue weighted by Gasteiger charge is 2.53. The fraction of sp³-hybridized carbons (Fsp3) is 0.429. The molecule has 2 aromatic rings. The molecule has 3 rings (SSSR count). The quantitative estimate of drug-likeness (QED) is 0.486. The maximum absolute atomic E-state index is 10.3. The van der Waals surface area contributed by atoms with Crippen LogP contribution in [-0.4, -0.2) is 61.1 Å². The van der Waals surface area contributed by atoms with Gasteiger partial charge in [-0.25, -0.2) is 0 Å². The van der Waals surface area contributed by atoms with Gasteiger partial charge in [0.1, 0.15) is 12.2 Å². The molecular weight excluding hydrogens is 358 g/mol. The fourth-order valence-electron chi connectivity index (χ4n) is 2.46. The van der Waals surface area contributed by atoms with Crippen molar-refractivity contribution in [2.45, 2.75) is 29.1 Å². The Bertz CT molecular complexity index is 631. The van der Waals surface area contributed by atoms with Gasteiger partial charge in [0.15, 0.2) is 22.8 Å². The van der Waals surface area contributed by atoms with Crippen LogP contribution in [0.25, 0.3) is 10.9 Å². The highest BCUT2D eigenvalue weighted by molar-refractivity contribution is 9.10. The summed E-state index contributed by atoms with van der Waals surface area (Å²) in [5, 5.41) is 40.2. The Kier molecular flexibility index (Phi) is 4.15. The number of rotatable bonds is 3. The predicted molar refractivity (Wildman–Crippen MR) is 80.6 cm³/mol. The summed E-state index contributed by atoms with van der Waals surface area (Å²) in [6, 6.07) is 9.19. The zero-order valence-electron chi connectivity index (χ0n) is 11.4. The molecule has 0 spiro atoms. The normalized spacial score (nSPS) is 35.7. The van der Waals surface area contributed by atoms with E-state index in [0.29, 0.717) is 5.88 Å². The lowest BCUT2D eigenvalue weighted by atomic mass is 9.99. The van der Waals surface area contributed by atoms with Crippen molar-refractivity contribution < 1.29 is 29.9 Å². The average molecular weight is 374 g/mol. The molecular formula is C14H16BrNO6. The van der Waals surface area contributed by atoms with Crippen LogP contribution in [0.4, 0.5) is 0 Å². The van der Waals surface area contributed by atoms with Crippen molar-refractivity contribution in [1.82, 2.24) is 4.98 Å². The van der Waals surface area contributed by atoms with Gasteiger partial charge in [-0.2, -0.15) is 0 Å². The lowest BCUT2D eigenvalue weighted by Crippen LogP contribution is -2.64. The van der Waals surface area contributed by atoms with Gasteiger partial charge in [0.05, 0.1) is 6.61 Å². The van der Waals surface area contributed by atoms with E-state index in [9.17, 15) is 20.4 Å². The van der Waals surface area contributed by atoms with Crippen LogP contribution in [0.2, 0.25) is 0 Å². The molecule has 1 saturated heterocycles. The summed E-state index contributed by atoms with van der Waals surface area (Å²) in [5.41, 5.74) is 0.835. The number of aromatic nitrogens is 1. The van der Waals surface area contributed by atoms with Gasteiger partial charge in [0.25, 0.3) is 0 Å². The lowest BCUT2D eigenvalue weighted by molar-refractivity contribution is -0.291. The molecule has 120 valence electrons. The molecule has 1 fully saturated rings. The third-order valence-electron chi connectivity index (χ3n) is 3.68. The van der Waals surface area contributed by atoms with E-state index in [1.165, 1.54) is 0 Å². The first-order valence-electron chi connectivity index (χ1n) is 6.71. The van der Waals surface area contributed by atoms with E-state index in [2.05, 4.69) is 20.9 Å². The summed E-state index contributed by atoms with van der Waals surface area (Å²) in [4.78, 5) is 3.00. The first kappa shape index (κ1) is 15.7. The van der Waals surface area contributed by atoms with Crippen LogP contribution in [0, 0.1) is 0 Å². The molecule has 5 atom stereocenters. The largest absolute Gasteiger partial charge is 0.470 e. The van der Waals surface area contributed by atoms with Gasteiger partial charge in [0, 0.05) is 17.0 Å². The highest BCUT2D eigenvalue weighted by Crippen LogP contribution is 2.36. The summed E-state index contributed by atoms with van der Waals surface area (Å²) in [6.07, 6.45) is -5.67. The maximum Gasteiger partial charge on any atom is 0.192 e. The number of aliphatic hydroxyl groups excluding tert-OH is 4. The van der Waals surface area contributed by atoms with Crippen LogP contribution in [0.15, 0.2) is 30.3 Å². The summed E-state index contributed by atoms with van der Waals surface area (Å²) in [5.74, 6) is 0.325. The number of fused-ring (bicyclic) bond motifs is 1. The summed E-state index contributed by atoms with van der Waals surface area (Å²) < 4.78 is 8.99. The molecule has 0 amide bonds. The Morgan fingerprint density at radius 3 is 2.68 bits per heavy atom. The first-order chi connectivity index (χ1) is 10.4. The minimum absolute atomic E-state index is 0.325. The van der Waals surface area contributed by atoms with Crippen LogP contribution in [0.3, 0.4) is 0 Å². The Hall–Kier alpha value is -1.16. The molecule has 0 aliphatic carbocycles. The van der Waals surface area contributed by atoms with Gasteiger partial charge < -0.3 is 34.9 Å². The molecule has 1 unspecified atom stereocenters. The zero-order valence-corrected chi connectivity index (χ0v) is 13.0. The SMILES string of the molecule is OC[C@@]1(Br)OC(O)[C@H](O)[C@@H](Oc2cc3ccccc3[nH]2)[C@H]1O. The van der Waals surface area contributed by atoms with Crippen LogP contribution in [0.5, 0.6) is 5.88 Å². The number of hydrogen-bond donors (Lipinski definition) is 5. The number of aliphatic hydroxyl groups is 4. The summed E-state index contributed by atoms with van der Waals surface area (Å²) in [6.45, 7) is -0.607. The van der Waals surface area contributed by atoms with Crippen molar-refractivity contribution in [2.24, 2.45) is 0 Å². The molecule has 0 bridgehead atoms. The number of alkyl halides is 1. The Morgan fingerprint density at radius 1 is 1.27 bits per heavy atom. The van der Waals surface area contributed by atoms with E-state index in [-0.39, 0.29) is 0 Å². The number of aromatic amines is 1. The summed E-state index contributed by atoms with van der Waals surface area (Å²) in [7, 11) is 0. The Labute approximate surface area is 134 Å². The maximum atomic E-state index is 10.3. The van der Waals surface area contributed by atoms with Crippen LogP contribution in [-0.2, 0) is 4.74 Å². The predicted octanol–water partition coefficient (Wildman–Crippen LogP) is 0.0692. The minimum Gasteiger partial charge on any atom is -0.470 e. The topological polar surface area (TPSA) is 115 Å². The molecule has 22 heavy (non-hydrogen) atoms. The molecule has 1 aliphatic heterocycles. The number of para-hydroxylation sites is 1. The molecule has 8 heteroatoms. The number of nitrogens with one attached hydrogen (secondary N) is 1. The number of hydrogen-bond acceptors (Lipinski definition) is 6. The van der Waals surface area contributed by atoms with E-state index < -0.39 is 35.7 Å². The van der Waals surface area contributed by atoms with Crippen molar-refractivity contribution in [3.8, 4) is 5.88 Å². The molecule has 0 saturated carbocycles. The monoisotopic (exact) mass is 373 g/mol. The summed E-state index contributed by atoms with van der Waals surface area (Å²) >= 11 is 3.03. The Balaban J connectivity index is 1.88. The lowest BCUT2D eigenvalue weighted by Gasteiger charge is -2.44. The van der Waals surface area contributed by atoms with Gasteiger partial charge >= 0.3 is 0 Å². The fourth-order valence-corrected chi connectivity index (χ4v) is 2.91. The van der Waals surface area contributed by atoms with E-state index in [1.54, 1.807) is 6.07 Å². The van der Waals surface area contributed by atoms with Crippen molar-refractivity contribution in [2.75, 3.05) is 6.61 Å². The highest BCUT2D eigenvalue weighted by atomic mass is 79.9. The van der Waals surface area contributed by atoms with E-state index >= 15 is 0 Å². The van der Waals surface area contributed by atoms with Crippen LogP contribution in [0.1, 0.15) is 0 Å². The van der Waals surface area contributed by atoms with Crippen LogP contribution >= 0.6 is 15.9 Å². The van der Waals surface area contributed by atoms with Gasteiger partial charge in [-0.15, -0.1) is 0 Å². The molecule has 5 N–H and O–H groups in total. The van der Waals surface area contributed by atoms with Gasteiger partial charge in [-0.05, 0) is 22.0 Å². The van der Waals surface area contributed by atoms with Crippen molar-refractivity contribution >= 4 is 26.8 Å². The second-order valence-electron chi connectivity index (χ2n) is 5.19. The zero-order chi connectivity index (χ0) is 15.9. The second kappa shape index (κ2) is 5.80. The minimum atomic E-state index is -1.61. The molecule has 2 heterocycles. The van der Waals surface area contributed by atoms with E-state index in [4.69, 9.17) is 9.47 Å². The van der Waals surface area contributed by atoms with Gasteiger partial charge in [-0.3, -0.25) is 0 Å². The van der Waals surface area contributed by atoms with Crippen LogP contribution < -0.4 is 4.74 Å². The third-order valence-corrected chi connectivity index (χ3v) is 4.59. The smallest absolute Gasteiger partial charge is 0.192 e. The van der Waals surface area contributed by atoms with Crippen molar-refractivity contribution in [3.05, 3.63) is 30.3 Å². The number of benzene rings is 1. The van der Waals surface area contributed by atoms with E-state index in [1.807, 2.05) is 24.3 Å². The number of ether oxygens (including phenoxy) is 2. The molecule has 1 aromatic heterocycles. The van der Waals surface area contributed by atoms with Gasteiger partial charge in [-0.1, -0.05) is 18.2 Å². The standard InChI is InChI=1S/C14H16BrNO6/c15-14(6-17)12(19)11(10(18)13(20)22-14)21-9-5-7-3-1-2-4-8(7)16-9/h1-5,10-13,16-20H,6H2/t10-,11-,12-,13?,14-/m1/s1. The Morgan fingerprint density at radius 2 is 2.00 bits per heavy atom. The number of H-pyrrole nitrogens is 1.